The molecule has 0 bridgehead atoms. The first-order valence-corrected chi connectivity index (χ1v) is 9.05. The lowest BCUT2D eigenvalue weighted by Crippen LogP contribution is -2.49. The molecule has 1 aliphatic rings. The van der Waals surface area contributed by atoms with Crippen LogP contribution in [0.5, 0.6) is 0 Å². The Hall–Kier alpha value is -1.80. The van der Waals surface area contributed by atoms with Crippen LogP contribution in [0.3, 0.4) is 0 Å². The average Bonchev–Trinajstić information content (AvgIpc) is 2.86. The van der Waals surface area contributed by atoms with E-state index in [-0.39, 0.29) is 11.4 Å². The summed E-state index contributed by atoms with van der Waals surface area (Å²) in [5.41, 5.74) is 2.32. The summed E-state index contributed by atoms with van der Waals surface area (Å²) >= 11 is 0. The first kappa shape index (κ1) is 15.1. The summed E-state index contributed by atoms with van der Waals surface area (Å²) < 4.78 is 25.7. The lowest BCUT2D eigenvalue weighted by atomic mass is 10.2. The molecular formula is C14H20N4O3S. The van der Waals surface area contributed by atoms with Gasteiger partial charge in [-0.05, 0) is 24.6 Å². The van der Waals surface area contributed by atoms with Crippen molar-refractivity contribution in [3.05, 3.63) is 28.7 Å². The number of nitrogens with one attached hydrogen (secondary N) is 2. The van der Waals surface area contributed by atoms with Crippen molar-refractivity contribution < 1.29 is 8.42 Å². The van der Waals surface area contributed by atoms with E-state index in [0.717, 1.165) is 16.7 Å². The van der Waals surface area contributed by atoms with Crippen molar-refractivity contribution in [1.29, 1.82) is 0 Å². The number of anilines is 1. The normalized spacial score (nSPS) is 17.2. The molecule has 2 heterocycles. The minimum atomic E-state index is -3.12. The van der Waals surface area contributed by atoms with E-state index in [0.29, 0.717) is 32.6 Å². The zero-order chi connectivity index (χ0) is 15.7. The van der Waals surface area contributed by atoms with Gasteiger partial charge in [-0.25, -0.2) is 13.2 Å². The second kappa shape index (κ2) is 5.77. The van der Waals surface area contributed by atoms with E-state index in [4.69, 9.17) is 0 Å². The number of aromatic nitrogens is 2. The van der Waals surface area contributed by atoms with Gasteiger partial charge >= 0.3 is 5.69 Å². The monoisotopic (exact) mass is 324 g/mol. The van der Waals surface area contributed by atoms with Crippen LogP contribution in [0, 0.1) is 0 Å². The molecule has 0 saturated carbocycles. The van der Waals surface area contributed by atoms with Gasteiger partial charge in [-0.3, -0.25) is 0 Å². The topological polar surface area (TPSA) is 89.3 Å². The molecule has 0 aliphatic carbocycles. The number of benzene rings is 1. The van der Waals surface area contributed by atoms with E-state index in [9.17, 15) is 13.2 Å². The molecule has 22 heavy (non-hydrogen) atoms. The summed E-state index contributed by atoms with van der Waals surface area (Å²) in [6.07, 6.45) is 0.639. The molecule has 1 fully saturated rings. The van der Waals surface area contributed by atoms with Crippen LogP contribution < -0.4 is 10.6 Å². The smallest absolute Gasteiger partial charge is 0.323 e. The van der Waals surface area contributed by atoms with Crippen molar-refractivity contribution in [2.24, 2.45) is 0 Å². The third-order valence-corrected chi connectivity index (χ3v) is 6.03. The highest BCUT2D eigenvalue weighted by Gasteiger charge is 2.26. The van der Waals surface area contributed by atoms with Crippen LogP contribution in [0.1, 0.15) is 13.3 Å². The lowest BCUT2D eigenvalue weighted by Gasteiger charge is -2.35. The molecule has 0 spiro atoms. The summed E-state index contributed by atoms with van der Waals surface area (Å²) in [4.78, 5) is 18.9. The molecule has 120 valence electrons. The highest BCUT2D eigenvalue weighted by atomic mass is 32.2. The van der Waals surface area contributed by atoms with E-state index in [1.54, 1.807) is 4.31 Å². The largest absolute Gasteiger partial charge is 0.369 e. The molecule has 1 aromatic heterocycles. The Morgan fingerprint density at radius 1 is 1.09 bits per heavy atom. The fourth-order valence-electron chi connectivity index (χ4n) is 2.83. The highest BCUT2D eigenvalue weighted by Crippen LogP contribution is 2.21. The van der Waals surface area contributed by atoms with Gasteiger partial charge in [0.15, 0.2) is 0 Å². The van der Waals surface area contributed by atoms with Gasteiger partial charge in [0.25, 0.3) is 0 Å². The third-order valence-electron chi connectivity index (χ3n) is 3.96. The van der Waals surface area contributed by atoms with E-state index in [1.807, 2.05) is 25.1 Å². The quantitative estimate of drug-likeness (QED) is 0.867. The molecule has 0 amide bonds. The van der Waals surface area contributed by atoms with Gasteiger partial charge in [-0.1, -0.05) is 6.92 Å². The first-order chi connectivity index (χ1) is 10.5. The van der Waals surface area contributed by atoms with Gasteiger partial charge in [-0.15, -0.1) is 0 Å². The van der Waals surface area contributed by atoms with Crippen LogP contribution >= 0.6 is 0 Å². The van der Waals surface area contributed by atoms with Crippen LogP contribution in [0.15, 0.2) is 23.0 Å². The molecule has 0 unspecified atom stereocenters. The number of hydrogen-bond donors (Lipinski definition) is 2. The maximum Gasteiger partial charge on any atom is 0.323 e. The van der Waals surface area contributed by atoms with Crippen LogP contribution in [-0.2, 0) is 10.0 Å². The molecule has 1 aliphatic heterocycles. The first-order valence-electron chi connectivity index (χ1n) is 7.44. The number of aromatic amines is 2. The van der Waals surface area contributed by atoms with E-state index < -0.39 is 10.0 Å². The standard InChI is InChI=1S/C14H20N4O3S/c1-2-9-22(20,21)18-7-5-17(6-8-18)11-3-4-12-13(10-11)16-14(19)15-12/h3-4,10H,2,5-9H2,1H3,(H2,15,16,19). The molecule has 1 aromatic carbocycles. The third kappa shape index (κ3) is 2.89. The average molecular weight is 324 g/mol. The van der Waals surface area contributed by atoms with Crippen molar-refractivity contribution in [1.82, 2.24) is 14.3 Å². The van der Waals surface area contributed by atoms with Crippen LogP contribution in [-0.4, -0.2) is 54.6 Å². The van der Waals surface area contributed by atoms with Gasteiger partial charge in [0.2, 0.25) is 10.0 Å². The number of H-pyrrole nitrogens is 2. The maximum atomic E-state index is 12.1. The summed E-state index contributed by atoms with van der Waals surface area (Å²) in [6.45, 7) is 4.20. The zero-order valence-corrected chi connectivity index (χ0v) is 13.3. The van der Waals surface area contributed by atoms with Gasteiger partial charge in [0.1, 0.15) is 0 Å². The summed E-state index contributed by atoms with van der Waals surface area (Å²) in [5, 5.41) is 0. The maximum absolute atomic E-state index is 12.1. The number of fused-ring (bicyclic) bond motifs is 1. The van der Waals surface area contributed by atoms with Gasteiger partial charge in [-0.2, -0.15) is 4.31 Å². The number of imidazole rings is 1. The predicted octanol–water partition coefficient (Wildman–Crippen LogP) is 0.718. The minimum Gasteiger partial charge on any atom is -0.369 e. The fourth-order valence-corrected chi connectivity index (χ4v) is 4.32. The molecule has 2 aromatic rings. The number of rotatable bonds is 4. The van der Waals surface area contributed by atoms with Gasteiger partial charge in [0.05, 0.1) is 16.8 Å². The Morgan fingerprint density at radius 3 is 2.45 bits per heavy atom. The summed E-state index contributed by atoms with van der Waals surface area (Å²) in [7, 11) is -3.12. The minimum absolute atomic E-state index is 0.212. The Bertz CT molecular complexity index is 816. The number of sulfonamides is 1. The van der Waals surface area contributed by atoms with E-state index in [1.165, 1.54) is 0 Å². The van der Waals surface area contributed by atoms with Gasteiger partial charge in [0, 0.05) is 31.9 Å². The van der Waals surface area contributed by atoms with Crippen LogP contribution in [0.2, 0.25) is 0 Å². The lowest BCUT2D eigenvalue weighted by molar-refractivity contribution is 0.384. The second-order valence-electron chi connectivity index (χ2n) is 5.51. The van der Waals surface area contributed by atoms with Crippen molar-refractivity contribution in [2.45, 2.75) is 13.3 Å². The van der Waals surface area contributed by atoms with Crippen molar-refractivity contribution in [3.63, 3.8) is 0 Å². The number of nitrogens with zero attached hydrogens (tertiary/aromatic N) is 2. The SMILES string of the molecule is CCCS(=O)(=O)N1CCN(c2ccc3[nH]c(=O)[nH]c3c2)CC1. The molecular weight excluding hydrogens is 304 g/mol. The summed E-state index contributed by atoms with van der Waals surface area (Å²) in [5.74, 6) is 0.212. The predicted molar refractivity (Wildman–Crippen MR) is 86.8 cm³/mol. The Labute approximate surface area is 129 Å². The molecule has 3 rings (SSSR count). The molecule has 7 nitrogen and oxygen atoms in total. The molecule has 2 N–H and O–H groups in total. The van der Waals surface area contributed by atoms with Crippen molar-refractivity contribution in [2.75, 3.05) is 36.8 Å². The molecule has 8 heteroatoms. The highest BCUT2D eigenvalue weighted by molar-refractivity contribution is 7.89. The molecule has 0 radical (unpaired) electrons. The number of piperazine rings is 1. The van der Waals surface area contributed by atoms with E-state index >= 15 is 0 Å². The summed E-state index contributed by atoms with van der Waals surface area (Å²) in [6, 6.07) is 5.73. The Morgan fingerprint density at radius 2 is 1.77 bits per heavy atom. The molecule has 0 atom stereocenters. The molecule has 1 saturated heterocycles. The van der Waals surface area contributed by atoms with Crippen LogP contribution in [0.4, 0.5) is 5.69 Å². The second-order valence-corrected chi connectivity index (χ2v) is 7.60. The van der Waals surface area contributed by atoms with Crippen molar-refractivity contribution in [3.8, 4) is 0 Å². The Kier molecular flexibility index (Phi) is 3.96. The Balaban J connectivity index is 1.73. The number of hydrogen-bond acceptors (Lipinski definition) is 4. The van der Waals surface area contributed by atoms with Gasteiger partial charge < -0.3 is 14.9 Å². The van der Waals surface area contributed by atoms with Crippen molar-refractivity contribution >= 4 is 26.7 Å². The van der Waals surface area contributed by atoms with Crippen LogP contribution in [0.25, 0.3) is 11.0 Å². The fraction of sp³-hybridized carbons (Fsp3) is 0.500. The van der Waals surface area contributed by atoms with E-state index in [2.05, 4.69) is 14.9 Å². The zero-order valence-electron chi connectivity index (χ0n) is 12.5.